The number of carbonyl (C=O) groups excluding carboxylic acids is 3. The molecule has 1 unspecified atom stereocenters. The van der Waals surface area contributed by atoms with Crippen LogP contribution in [0.25, 0.3) is 0 Å². The molecule has 128 valence electrons. The van der Waals surface area contributed by atoms with Gasteiger partial charge in [-0.1, -0.05) is 12.1 Å². The Kier molecular flexibility index (Phi) is 10.5. The molecule has 1 N–H and O–H groups in total. The van der Waals surface area contributed by atoms with Gasteiger partial charge in [-0.25, -0.2) is 4.79 Å². The first-order valence-electron chi connectivity index (χ1n) is 6.51. The van der Waals surface area contributed by atoms with E-state index in [9.17, 15) is 18.6 Å². The molecule has 1 aliphatic heterocycles. The molecule has 0 aromatic heterocycles. The van der Waals surface area contributed by atoms with E-state index in [2.05, 4.69) is 11.2 Å². The van der Waals surface area contributed by atoms with E-state index in [4.69, 9.17) is 13.6 Å². The number of rotatable bonds is 5. The third kappa shape index (κ3) is 7.33. The second kappa shape index (κ2) is 10.5. The van der Waals surface area contributed by atoms with Crippen LogP contribution < -0.4 is 59.1 Å². The quantitative estimate of drug-likeness (QED) is 0.383. The molecule has 1 aromatic carbocycles. The largest absolute Gasteiger partial charge is 1.00 e. The number of nitrogens with zero attached hydrogens (tertiary/aromatic N) is 1. The van der Waals surface area contributed by atoms with Crippen molar-refractivity contribution in [3.8, 4) is 0 Å². The van der Waals surface area contributed by atoms with E-state index in [1.54, 1.807) is 0 Å². The van der Waals surface area contributed by atoms with Gasteiger partial charge in [0.05, 0.1) is 11.7 Å². The van der Waals surface area contributed by atoms with Gasteiger partial charge < -0.3 is 7.69 Å². The second-order valence-electron chi connectivity index (χ2n) is 4.75. The molecule has 0 spiro atoms. The van der Waals surface area contributed by atoms with E-state index in [0.717, 1.165) is 0 Å². The van der Waals surface area contributed by atoms with E-state index < -0.39 is 32.9 Å². The fourth-order valence-electron chi connectivity index (χ4n) is 1.92. The van der Waals surface area contributed by atoms with E-state index in [0.29, 0.717) is 10.6 Å². The third-order valence-electron chi connectivity index (χ3n) is 3.06. The van der Waals surface area contributed by atoms with Crippen molar-refractivity contribution >= 4 is 38.0 Å². The minimum absolute atomic E-state index is 0. The molecule has 1 aromatic rings. The zero-order valence-electron chi connectivity index (χ0n) is 16.0. The van der Waals surface area contributed by atoms with E-state index >= 15 is 0 Å². The molecule has 2 rings (SSSR count). The molecular formula is C13H15NNa2O7S2. The van der Waals surface area contributed by atoms with Gasteiger partial charge >= 0.3 is 65.1 Å². The zero-order chi connectivity index (χ0) is 17.2. The van der Waals surface area contributed by atoms with Crippen LogP contribution in [-0.4, -0.2) is 31.6 Å². The normalized spacial score (nSPS) is 17.1. The number of hydrogen-bond donors (Lipinski definition) is 1. The molecule has 1 fully saturated rings. The molecule has 25 heavy (non-hydrogen) atoms. The molecule has 1 saturated heterocycles. The predicted molar refractivity (Wildman–Crippen MR) is 82.8 cm³/mol. The van der Waals surface area contributed by atoms with Gasteiger partial charge in [0.25, 0.3) is 20.9 Å². The molecule has 2 amide bonds. The van der Waals surface area contributed by atoms with Crippen molar-refractivity contribution in [2.24, 2.45) is 0 Å². The van der Waals surface area contributed by atoms with Gasteiger partial charge in [-0.15, -0.1) is 5.06 Å². The van der Waals surface area contributed by atoms with Crippen molar-refractivity contribution in [2.75, 3.05) is 0 Å². The summed E-state index contributed by atoms with van der Waals surface area (Å²) >= 11 is 4.25. The molecule has 0 saturated carbocycles. The van der Waals surface area contributed by atoms with Gasteiger partial charge in [0.15, 0.2) is 0 Å². The Morgan fingerprint density at radius 3 is 2.16 bits per heavy atom. The number of amides is 2. The molecular weight excluding hydrogens is 392 g/mol. The maximum absolute atomic E-state index is 11.9. The van der Waals surface area contributed by atoms with Crippen LogP contribution in [0.4, 0.5) is 0 Å². The number of hydroxylamine groups is 2. The minimum Gasteiger partial charge on any atom is -1.00 e. The predicted octanol–water partition coefficient (Wildman–Crippen LogP) is -4.65. The van der Waals surface area contributed by atoms with Gasteiger partial charge in [0.1, 0.15) is 0 Å². The molecule has 12 heteroatoms. The van der Waals surface area contributed by atoms with Crippen LogP contribution in [0, 0.1) is 0 Å². The van der Waals surface area contributed by atoms with Crippen molar-refractivity contribution in [1.82, 2.24) is 5.06 Å². The summed E-state index contributed by atoms with van der Waals surface area (Å²) in [5.41, 5.74) is 0.623. The van der Waals surface area contributed by atoms with Crippen molar-refractivity contribution in [3.63, 3.8) is 0 Å². The molecule has 0 radical (unpaired) electrons. The Balaban J connectivity index is -0.00000144. The van der Waals surface area contributed by atoms with Gasteiger partial charge in [0.2, 0.25) is 0 Å². The molecule has 0 bridgehead atoms. The summed E-state index contributed by atoms with van der Waals surface area (Å²) in [5.74, 6) is -1.99. The van der Waals surface area contributed by atoms with Gasteiger partial charge in [-0.2, -0.15) is 4.21 Å². The average molecular weight is 407 g/mol. The first-order valence-corrected chi connectivity index (χ1v) is 8.87. The van der Waals surface area contributed by atoms with Crippen LogP contribution >= 0.6 is 0 Å². The smallest absolute Gasteiger partial charge is 1.00 e. The Morgan fingerprint density at radius 1 is 1.24 bits per heavy atom. The Morgan fingerprint density at radius 2 is 1.72 bits per heavy atom. The van der Waals surface area contributed by atoms with Crippen molar-refractivity contribution in [2.45, 2.75) is 25.9 Å². The minimum atomic E-state index is -3.77. The molecule has 8 nitrogen and oxygen atoms in total. The van der Waals surface area contributed by atoms with E-state index in [1.807, 2.05) is 0 Å². The first kappa shape index (κ1) is 25.1. The van der Waals surface area contributed by atoms with Crippen molar-refractivity contribution in [1.29, 1.82) is 0 Å². The van der Waals surface area contributed by atoms with Crippen LogP contribution in [0.15, 0.2) is 24.3 Å². The summed E-state index contributed by atoms with van der Waals surface area (Å²) in [4.78, 5) is 39.4. The molecule has 1 aliphatic rings. The van der Waals surface area contributed by atoms with Crippen LogP contribution in [0.3, 0.4) is 0 Å². The van der Waals surface area contributed by atoms with Gasteiger partial charge in [-0.3, -0.25) is 18.3 Å². The summed E-state index contributed by atoms with van der Waals surface area (Å²) in [6.45, 7) is 1.52. The summed E-state index contributed by atoms with van der Waals surface area (Å²) in [6, 6.07) is 5.72. The number of imide groups is 1. The summed E-state index contributed by atoms with van der Waals surface area (Å²) in [5, 5.41) is 0.458. The standard InChI is InChI=1S/C13H13NO7S2.2Na.2H/c1-8(21-23(18,19)22)9-2-4-10(5-3-9)13(17)20-14-11(15)6-7-12(14)16;;;;/h2-5,8H,6-7H2,1H3,(H,18,19,22);;;;/q;2*+1;2*-1/t8-;;;;/m0..../s1. The third-order valence-corrected chi connectivity index (χ3v) is 3.83. The Labute approximate surface area is 196 Å². The average Bonchev–Trinajstić information content (AvgIpc) is 2.77. The SMILES string of the molecule is C[C@H](OS(=O)(O)=S)c1ccc(C(=O)ON2C(=O)CCC2=O)cc1.[H-].[H-].[Na+].[Na+]. The summed E-state index contributed by atoms with van der Waals surface area (Å²) in [6.07, 6.45) is -0.722. The van der Waals surface area contributed by atoms with E-state index in [1.165, 1.54) is 31.2 Å². The fraction of sp³-hybridized carbons (Fsp3) is 0.308. The van der Waals surface area contributed by atoms with Crippen molar-refractivity contribution in [3.05, 3.63) is 35.4 Å². The maximum Gasteiger partial charge on any atom is 1.00 e. The van der Waals surface area contributed by atoms with Crippen molar-refractivity contribution < 1.29 is 94.1 Å². The van der Waals surface area contributed by atoms with Gasteiger partial charge in [-0.05, 0) is 24.6 Å². The van der Waals surface area contributed by atoms with Crippen LogP contribution in [0.5, 0.6) is 0 Å². The first-order chi connectivity index (χ1) is 10.7. The van der Waals surface area contributed by atoms with E-state index in [-0.39, 0.29) is 80.4 Å². The Bertz CT molecular complexity index is 746. The number of hydrogen-bond acceptors (Lipinski definition) is 7. The number of carbonyl (C=O) groups is 3. The van der Waals surface area contributed by atoms with Gasteiger partial charge in [0, 0.05) is 24.0 Å². The molecule has 0 aliphatic carbocycles. The fourth-order valence-corrected chi connectivity index (χ4v) is 2.75. The zero-order valence-corrected chi connectivity index (χ0v) is 19.6. The monoisotopic (exact) mass is 407 g/mol. The molecule has 1 heterocycles. The van der Waals surface area contributed by atoms with Crippen LogP contribution in [0.2, 0.25) is 0 Å². The molecule has 2 atom stereocenters. The summed E-state index contributed by atoms with van der Waals surface area (Å²) < 4.78 is 24.7. The second-order valence-corrected chi connectivity index (χ2v) is 7.06. The topological polar surface area (TPSA) is 110 Å². The summed E-state index contributed by atoms with van der Waals surface area (Å²) in [7, 11) is -3.77. The number of benzene rings is 1. The van der Waals surface area contributed by atoms with Crippen LogP contribution in [0.1, 0.15) is 44.6 Å². The Hall–Kier alpha value is 0.120. The maximum atomic E-state index is 11.9. The van der Waals surface area contributed by atoms with Crippen LogP contribution in [-0.2, 0) is 38.9 Å².